The van der Waals surface area contributed by atoms with Crippen molar-refractivity contribution in [3.05, 3.63) is 94.3 Å². The van der Waals surface area contributed by atoms with Gasteiger partial charge in [0, 0.05) is 31.7 Å². The molecule has 3 N–H and O–H groups in total. The molecule has 1 saturated heterocycles. The third kappa shape index (κ3) is 5.28. The molecule has 9 nitrogen and oxygen atoms in total. The van der Waals surface area contributed by atoms with Crippen LogP contribution >= 0.6 is 0 Å². The van der Waals surface area contributed by atoms with Crippen molar-refractivity contribution in [3.8, 4) is 5.75 Å². The molecule has 3 amide bonds. The van der Waals surface area contributed by atoms with Crippen molar-refractivity contribution in [3.63, 3.8) is 0 Å². The number of nitrogens with zero attached hydrogens (tertiary/aromatic N) is 2. The number of rotatable bonds is 6. The summed E-state index contributed by atoms with van der Waals surface area (Å²) < 4.78 is 20.3. The molecule has 41 heavy (non-hydrogen) atoms. The van der Waals surface area contributed by atoms with Crippen LogP contribution in [0.15, 0.2) is 60.7 Å². The molecule has 0 bridgehead atoms. The zero-order valence-electron chi connectivity index (χ0n) is 22.7. The fourth-order valence-electron chi connectivity index (χ4n) is 5.62. The monoisotopic (exact) mass is 558 g/mol. The fraction of sp³-hybridized carbons (Fsp3) is 0.323. The Hall–Kier alpha value is -4.28. The molecule has 1 atom stereocenters. The first-order valence-electron chi connectivity index (χ1n) is 13.7. The molecule has 6 rings (SSSR count). The second kappa shape index (κ2) is 10.6. The highest BCUT2D eigenvalue weighted by atomic mass is 19.1. The highest BCUT2D eigenvalue weighted by Gasteiger charge is 2.56. The van der Waals surface area contributed by atoms with Gasteiger partial charge in [-0.05, 0) is 60.4 Å². The van der Waals surface area contributed by atoms with Crippen LogP contribution in [-0.2, 0) is 17.8 Å². The highest BCUT2D eigenvalue weighted by molar-refractivity contribution is 6.05. The third-order valence-corrected chi connectivity index (χ3v) is 7.92. The molecule has 0 saturated carbocycles. The molecule has 3 heterocycles. The maximum atomic E-state index is 14.3. The average molecular weight is 559 g/mol. The molecule has 0 aliphatic carbocycles. The van der Waals surface area contributed by atoms with Gasteiger partial charge in [-0.1, -0.05) is 30.3 Å². The summed E-state index contributed by atoms with van der Waals surface area (Å²) in [6, 6.07) is 17.4. The summed E-state index contributed by atoms with van der Waals surface area (Å²) in [5.74, 6) is -1.55. The van der Waals surface area contributed by atoms with Gasteiger partial charge in [0.2, 0.25) is 5.60 Å². The largest absolute Gasteiger partial charge is 0.471 e. The Labute approximate surface area is 236 Å². The fourth-order valence-corrected chi connectivity index (χ4v) is 5.62. The van der Waals surface area contributed by atoms with Crippen LogP contribution in [0.25, 0.3) is 0 Å². The Morgan fingerprint density at radius 3 is 2.68 bits per heavy atom. The number of halogens is 1. The lowest BCUT2D eigenvalue weighted by molar-refractivity contribution is -0.145. The molecule has 3 aromatic rings. The Balaban J connectivity index is 1.03. The molecular weight excluding hydrogens is 527 g/mol. The number of anilines is 1. The number of aryl methyl sites for hydroxylation is 1. The predicted molar refractivity (Wildman–Crippen MR) is 149 cm³/mol. The number of fused-ring (bicyclic) bond motifs is 2. The highest BCUT2D eigenvalue weighted by Crippen LogP contribution is 2.39. The molecule has 0 radical (unpaired) electrons. The number of aliphatic hydroxyl groups excluding tert-OH is 1. The van der Waals surface area contributed by atoms with Crippen molar-refractivity contribution >= 4 is 23.4 Å². The number of benzene rings is 3. The maximum absolute atomic E-state index is 14.3. The van der Waals surface area contributed by atoms with Crippen molar-refractivity contribution in [1.29, 1.82) is 0 Å². The molecule has 3 aromatic carbocycles. The lowest BCUT2D eigenvalue weighted by Gasteiger charge is -2.49. The molecule has 3 aliphatic rings. The second-order valence-corrected chi connectivity index (χ2v) is 11.0. The van der Waals surface area contributed by atoms with E-state index in [0.29, 0.717) is 29.1 Å². The van der Waals surface area contributed by atoms with Crippen LogP contribution in [0.5, 0.6) is 5.75 Å². The number of hydrogen-bond donors (Lipinski definition) is 3. The Kier molecular flexibility index (Phi) is 6.96. The van der Waals surface area contributed by atoms with E-state index in [9.17, 15) is 23.9 Å². The molecule has 0 aromatic heterocycles. The number of hydrogen-bond acceptors (Lipinski definition) is 6. The van der Waals surface area contributed by atoms with Crippen LogP contribution < -0.4 is 15.4 Å². The number of β-amino-alcohol motifs (C(OH)–C–C–N with tert-alkyl or cyclic N) is 1. The second-order valence-electron chi connectivity index (χ2n) is 11.0. The lowest BCUT2D eigenvalue weighted by Crippen LogP contribution is -2.72. The minimum Gasteiger partial charge on any atom is -0.471 e. The molecule has 212 valence electrons. The Bertz CT molecular complexity index is 1540. The number of ether oxygens (including phenoxy) is 1. The van der Waals surface area contributed by atoms with E-state index >= 15 is 0 Å². The van der Waals surface area contributed by atoms with Gasteiger partial charge in [0.1, 0.15) is 11.6 Å². The minimum absolute atomic E-state index is 0.0207. The lowest BCUT2D eigenvalue weighted by atomic mass is 9.90. The van der Waals surface area contributed by atoms with Gasteiger partial charge in [-0.15, -0.1) is 0 Å². The average Bonchev–Trinajstić information content (AvgIpc) is 2.93. The van der Waals surface area contributed by atoms with E-state index in [0.717, 1.165) is 19.5 Å². The van der Waals surface area contributed by atoms with Crippen molar-refractivity contribution in [2.75, 3.05) is 38.0 Å². The number of amides is 3. The van der Waals surface area contributed by atoms with Crippen LogP contribution in [0, 0.1) is 12.7 Å². The molecule has 1 fully saturated rings. The van der Waals surface area contributed by atoms with Crippen LogP contribution in [-0.4, -0.2) is 77.1 Å². The van der Waals surface area contributed by atoms with Crippen molar-refractivity contribution < 1.29 is 28.6 Å². The van der Waals surface area contributed by atoms with Gasteiger partial charge < -0.3 is 25.4 Å². The minimum atomic E-state index is -1.27. The first-order valence-corrected chi connectivity index (χ1v) is 13.7. The summed E-state index contributed by atoms with van der Waals surface area (Å²) in [4.78, 5) is 42.1. The van der Waals surface area contributed by atoms with Crippen molar-refractivity contribution in [2.24, 2.45) is 0 Å². The zero-order valence-corrected chi connectivity index (χ0v) is 22.7. The maximum Gasteiger partial charge on any atom is 0.272 e. The molecule has 10 heteroatoms. The van der Waals surface area contributed by atoms with Crippen molar-refractivity contribution in [1.82, 2.24) is 15.1 Å². The summed E-state index contributed by atoms with van der Waals surface area (Å²) >= 11 is 0. The summed E-state index contributed by atoms with van der Waals surface area (Å²) in [5.41, 5.74) is 2.63. The number of carbonyl (C=O) groups is 3. The number of nitrogens with one attached hydrogen (secondary N) is 2. The zero-order chi connectivity index (χ0) is 28.7. The van der Waals surface area contributed by atoms with E-state index in [1.807, 2.05) is 12.1 Å². The van der Waals surface area contributed by atoms with E-state index in [2.05, 4.69) is 27.7 Å². The Morgan fingerprint density at radius 1 is 1.12 bits per heavy atom. The molecule has 3 aliphatic heterocycles. The van der Waals surface area contributed by atoms with E-state index in [-0.39, 0.29) is 31.1 Å². The van der Waals surface area contributed by atoms with E-state index in [1.165, 1.54) is 34.2 Å². The predicted octanol–water partition coefficient (Wildman–Crippen LogP) is 2.51. The first kappa shape index (κ1) is 26.9. The molecule has 1 unspecified atom stereocenters. The third-order valence-electron chi connectivity index (χ3n) is 7.92. The van der Waals surface area contributed by atoms with Gasteiger partial charge in [-0.3, -0.25) is 19.3 Å². The van der Waals surface area contributed by atoms with Crippen LogP contribution in [0.3, 0.4) is 0 Å². The van der Waals surface area contributed by atoms with Gasteiger partial charge in [0.25, 0.3) is 17.7 Å². The molecular formula is C31H31FN4O5. The van der Waals surface area contributed by atoms with E-state index < -0.39 is 29.3 Å². The normalized spacial score (nSPS) is 17.9. The SMILES string of the molecule is Cc1ccc(C(=O)N2CC3(C2)Oc2ccc(C(=O)NCC(O)CN4CCc5ccccc5C4)cc2NC3=O)c(F)c1. The van der Waals surface area contributed by atoms with Crippen LogP contribution in [0.1, 0.15) is 37.4 Å². The summed E-state index contributed by atoms with van der Waals surface area (Å²) in [5, 5.41) is 16.1. The van der Waals surface area contributed by atoms with Crippen molar-refractivity contribution in [2.45, 2.75) is 31.6 Å². The quantitative estimate of drug-likeness (QED) is 0.429. The van der Waals surface area contributed by atoms with Gasteiger partial charge in [0.05, 0.1) is 30.4 Å². The van der Waals surface area contributed by atoms with Gasteiger partial charge >= 0.3 is 0 Å². The Morgan fingerprint density at radius 2 is 1.90 bits per heavy atom. The van der Waals surface area contributed by atoms with Gasteiger partial charge in [-0.2, -0.15) is 0 Å². The van der Waals surface area contributed by atoms with Gasteiger partial charge in [-0.25, -0.2) is 4.39 Å². The van der Waals surface area contributed by atoms with Gasteiger partial charge in [0.15, 0.2) is 0 Å². The number of carbonyl (C=O) groups excluding carboxylic acids is 3. The van der Waals surface area contributed by atoms with E-state index in [4.69, 9.17) is 4.74 Å². The number of likely N-dealkylation sites (tertiary alicyclic amines) is 1. The number of aliphatic hydroxyl groups is 1. The van der Waals surface area contributed by atoms with E-state index in [1.54, 1.807) is 25.1 Å². The summed E-state index contributed by atoms with van der Waals surface area (Å²) in [7, 11) is 0. The smallest absolute Gasteiger partial charge is 0.272 e. The van der Waals surface area contributed by atoms with Crippen LogP contribution in [0.2, 0.25) is 0 Å². The standard InChI is InChI=1S/C31H31FN4O5/c1-19-6-8-24(25(32)12-19)29(39)36-17-31(18-36)30(40)34-26-13-21(7-9-27(26)41-31)28(38)33-14-23(37)16-35-11-10-20-4-2-3-5-22(20)15-35/h2-9,12-13,23,37H,10-11,14-18H2,1H3,(H,33,38)(H,34,40). The summed E-state index contributed by atoms with van der Waals surface area (Å²) in [6.07, 6.45) is 0.196. The first-order chi connectivity index (χ1) is 19.7. The van der Waals surface area contributed by atoms with Crippen LogP contribution in [0.4, 0.5) is 10.1 Å². The topological polar surface area (TPSA) is 111 Å². The molecule has 1 spiro atoms. The summed E-state index contributed by atoms with van der Waals surface area (Å²) in [6.45, 7) is 3.85.